The number of carboxylic acids is 2. The zero-order valence-corrected chi connectivity index (χ0v) is 25.8. The molecule has 0 aliphatic rings. The number of nitrogens with two attached hydrogens (primary N) is 2. The molecule has 0 aliphatic carbocycles. The van der Waals surface area contributed by atoms with Crippen molar-refractivity contribution in [1.82, 2.24) is 25.9 Å². The van der Waals surface area contributed by atoms with E-state index in [1.165, 1.54) is 0 Å². The molecule has 0 aliphatic heterocycles. The van der Waals surface area contributed by atoms with E-state index in [4.69, 9.17) is 11.5 Å². The normalized spacial score (nSPS) is 13.8. The molecule has 250 valence electrons. The van der Waals surface area contributed by atoms with E-state index in [1.54, 1.807) is 12.4 Å². The topological polar surface area (TPSA) is 246 Å². The Hall–Kier alpha value is -5.21. The van der Waals surface area contributed by atoms with Crippen molar-refractivity contribution in [3.05, 3.63) is 72.1 Å². The van der Waals surface area contributed by atoms with E-state index in [9.17, 15) is 34.2 Å². The Bertz CT molecular complexity index is 1720. The Morgan fingerprint density at radius 1 is 0.681 bits per heavy atom. The average Bonchev–Trinajstić information content (AvgIpc) is 3.65. The Kier molecular flexibility index (Phi) is 12.1. The van der Waals surface area contributed by atoms with Crippen LogP contribution in [-0.2, 0) is 36.8 Å². The summed E-state index contributed by atoms with van der Waals surface area (Å²) in [6, 6.07) is 9.97. The molecular formula is C33H41N7O7. The van der Waals surface area contributed by atoms with E-state index in [1.807, 2.05) is 48.5 Å². The molecule has 4 unspecified atom stereocenters. The van der Waals surface area contributed by atoms with Gasteiger partial charge in [-0.3, -0.25) is 19.2 Å². The number of hydrogen-bond donors (Lipinski definition) is 9. The molecular weight excluding hydrogens is 606 g/mol. The van der Waals surface area contributed by atoms with Gasteiger partial charge in [-0.2, -0.15) is 0 Å². The number of aliphatic carboxylic acids is 2. The van der Waals surface area contributed by atoms with Crippen molar-refractivity contribution in [1.29, 1.82) is 0 Å². The molecule has 2 heterocycles. The highest BCUT2D eigenvalue weighted by molar-refractivity contribution is 5.95. The van der Waals surface area contributed by atoms with Crippen LogP contribution in [0.15, 0.2) is 60.9 Å². The second-order valence-electron chi connectivity index (χ2n) is 11.5. The summed E-state index contributed by atoms with van der Waals surface area (Å²) in [5, 5.41) is 28.5. The molecule has 47 heavy (non-hydrogen) atoms. The van der Waals surface area contributed by atoms with Crippen LogP contribution in [0.5, 0.6) is 0 Å². The molecule has 4 aromatic rings. The van der Waals surface area contributed by atoms with Crippen LogP contribution in [0.25, 0.3) is 21.8 Å². The Morgan fingerprint density at radius 3 is 1.79 bits per heavy atom. The van der Waals surface area contributed by atoms with Crippen molar-refractivity contribution in [2.24, 2.45) is 11.5 Å². The minimum absolute atomic E-state index is 0.0175. The standard InChI is InChI=1S/C33H41N7O7/c34-14-6-5-11-27(33(46)47)39-32(45)28(16-20-18-37-25-10-4-2-8-22(20)25)40-31(44)26(12-13-29(41)42)38-30(43)23(35)15-19-17-36-24-9-3-1-7-21(19)24/h1-4,7-10,17-18,23,26-28,36-37H,5-6,11-16,34-35H2,(H,38,43)(H,39,45)(H,40,44)(H,41,42)(H,46,47). The number of nitrogens with one attached hydrogen (secondary N) is 5. The summed E-state index contributed by atoms with van der Waals surface area (Å²) in [4.78, 5) is 70.0. The lowest BCUT2D eigenvalue weighted by Gasteiger charge is -2.25. The summed E-state index contributed by atoms with van der Waals surface area (Å²) in [5.41, 5.74) is 14.9. The van der Waals surface area contributed by atoms with E-state index in [2.05, 4.69) is 25.9 Å². The summed E-state index contributed by atoms with van der Waals surface area (Å²) in [6.45, 7) is 0.369. The zero-order valence-electron chi connectivity index (χ0n) is 25.8. The maximum absolute atomic E-state index is 13.7. The molecule has 0 saturated heterocycles. The van der Waals surface area contributed by atoms with Crippen molar-refractivity contribution < 1.29 is 34.2 Å². The van der Waals surface area contributed by atoms with Gasteiger partial charge in [-0.15, -0.1) is 0 Å². The number of hydrogen-bond acceptors (Lipinski definition) is 7. The summed E-state index contributed by atoms with van der Waals surface area (Å²) < 4.78 is 0. The van der Waals surface area contributed by atoms with Crippen LogP contribution < -0.4 is 27.4 Å². The minimum Gasteiger partial charge on any atom is -0.481 e. The molecule has 0 radical (unpaired) electrons. The predicted molar refractivity (Wildman–Crippen MR) is 175 cm³/mol. The lowest BCUT2D eigenvalue weighted by molar-refractivity contribution is -0.142. The Labute approximate surface area is 270 Å². The number of carbonyl (C=O) groups is 5. The molecule has 0 fully saturated rings. The van der Waals surface area contributed by atoms with Gasteiger partial charge in [-0.05, 0) is 61.9 Å². The SMILES string of the molecule is NCCCCC(NC(=O)C(Cc1c[nH]c2ccccc12)NC(=O)C(CCC(=O)O)NC(=O)C(N)Cc1c[nH]c2ccccc12)C(=O)O. The van der Waals surface area contributed by atoms with Gasteiger partial charge in [0.15, 0.2) is 0 Å². The van der Waals surface area contributed by atoms with Crippen LogP contribution in [-0.4, -0.2) is 80.6 Å². The molecule has 4 atom stereocenters. The number of benzene rings is 2. The second-order valence-corrected chi connectivity index (χ2v) is 11.5. The largest absolute Gasteiger partial charge is 0.481 e. The molecule has 2 aromatic heterocycles. The van der Waals surface area contributed by atoms with Gasteiger partial charge in [-0.1, -0.05) is 36.4 Å². The Morgan fingerprint density at radius 2 is 1.21 bits per heavy atom. The first kappa shape index (κ1) is 34.7. The highest BCUT2D eigenvalue weighted by Crippen LogP contribution is 2.20. The van der Waals surface area contributed by atoms with Crippen molar-refractivity contribution >= 4 is 51.5 Å². The fourth-order valence-corrected chi connectivity index (χ4v) is 5.47. The van der Waals surface area contributed by atoms with Crippen LogP contribution in [0.1, 0.15) is 43.2 Å². The van der Waals surface area contributed by atoms with E-state index < -0.39 is 60.2 Å². The first-order chi connectivity index (χ1) is 22.6. The van der Waals surface area contributed by atoms with Gasteiger partial charge >= 0.3 is 11.9 Å². The molecule has 4 rings (SSSR count). The molecule has 3 amide bonds. The lowest BCUT2D eigenvalue weighted by atomic mass is 10.0. The lowest BCUT2D eigenvalue weighted by Crippen LogP contribution is -2.57. The molecule has 0 saturated carbocycles. The molecule has 0 bridgehead atoms. The summed E-state index contributed by atoms with van der Waals surface area (Å²) in [7, 11) is 0. The monoisotopic (exact) mass is 647 g/mol. The van der Waals surface area contributed by atoms with E-state index in [-0.39, 0.29) is 25.7 Å². The predicted octanol–water partition coefficient (Wildman–Crippen LogP) is 1.29. The number of amides is 3. The number of fused-ring (bicyclic) bond motifs is 2. The van der Waals surface area contributed by atoms with Gasteiger partial charge in [0.2, 0.25) is 17.7 Å². The maximum atomic E-state index is 13.7. The fourth-order valence-electron chi connectivity index (χ4n) is 5.47. The van der Waals surface area contributed by atoms with Crippen molar-refractivity contribution in [2.45, 2.75) is 69.1 Å². The van der Waals surface area contributed by atoms with Crippen LogP contribution >= 0.6 is 0 Å². The molecule has 14 heteroatoms. The highest BCUT2D eigenvalue weighted by atomic mass is 16.4. The fraction of sp³-hybridized carbons (Fsp3) is 0.364. The number of carboxylic acid groups (broad SMARTS) is 2. The van der Waals surface area contributed by atoms with Crippen LogP contribution in [0.3, 0.4) is 0 Å². The average molecular weight is 648 g/mol. The van der Waals surface area contributed by atoms with Crippen molar-refractivity contribution in [3.63, 3.8) is 0 Å². The van der Waals surface area contributed by atoms with Crippen LogP contribution in [0, 0.1) is 0 Å². The van der Waals surface area contributed by atoms with Gasteiger partial charge in [-0.25, -0.2) is 4.79 Å². The second kappa shape index (κ2) is 16.4. The summed E-state index contributed by atoms with van der Waals surface area (Å²) in [5.74, 6) is -4.65. The van der Waals surface area contributed by atoms with Gasteiger partial charge in [0, 0.05) is 47.0 Å². The van der Waals surface area contributed by atoms with Crippen LogP contribution in [0.2, 0.25) is 0 Å². The zero-order chi connectivity index (χ0) is 33.9. The molecule has 2 aromatic carbocycles. The first-order valence-corrected chi connectivity index (χ1v) is 15.5. The third-order valence-corrected chi connectivity index (χ3v) is 8.02. The Balaban J connectivity index is 1.53. The van der Waals surface area contributed by atoms with Gasteiger partial charge < -0.3 is 47.6 Å². The maximum Gasteiger partial charge on any atom is 0.326 e. The summed E-state index contributed by atoms with van der Waals surface area (Å²) in [6.07, 6.45) is 4.03. The van der Waals surface area contributed by atoms with Crippen LogP contribution in [0.4, 0.5) is 0 Å². The van der Waals surface area contributed by atoms with E-state index in [0.717, 1.165) is 27.4 Å². The third kappa shape index (κ3) is 9.40. The van der Waals surface area contributed by atoms with Gasteiger partial charge in [0.1, 0.15) is 18.1 Å². The third-order valence-electron chi connectivity index (χ3n) is 8.02. The van der Waals surface area contributed by atoms with E-state index in [0.29, 0.717) is 24.9 Å². The molecule has 11 N–H and O–H groups in total. The number of para-hydroxylation sites is 2. The smallest absolute Gasteiger partial charge is 0.326 e. The van der Waals surface area contributed by atoms with Crippen molar-refractivity contribution in [2.75, 3.05) is 6.54 Å². The molecule has 14 nitrogen and oxygen atoms in total. The number of rotatable bonds is 18. The quantitative estimate of drug-likeness (QED) is 0.0705. The minimum atomic E-state index is -1.34. The first-order valence-electron chi connectivity index (χ1n) is 15.5. The number of aromatic amines is 2. The van der Waals surface area contributed by atoms with Crippen molar-refractivity contribution in [3.8, 4) is 0 Å². The van der Waals surface area contributed by atoms with E-state index >= 15 is 0 Å². The number of carbonyl (C=O) groups excluding carboxylic acids is 3. The van der Waals surface area contributed by atoms with Gasteiger partial charge in [0.25, 0.3) is 0 Å². The number of unbranched alkanes of at least 4 members (excludes halogenated alkanes) is 1. The van der Waals surface area contributed by atoms with Gasteiger partial charge in [0.05, 0.1) is 6.04 Å². The number of H-pyrrole nitrogens is 2. The number of aromatic nitrogens is 2. The summed E-state index contributed by atoms with van der Waals surface area (Å²) >= 11 is 0. The molecule has 0 spiro atoms. The highest BCUT2D eigenvalue weighted by Gasteiger charge is 2.31.